The SMILES string of the molecule is [2H]c1c([2H])c(N(c2c([2H])c([2H])c(-c3cccc(-c4ccc5ccccc5c4)c3)c([2H])c2[2H])c2cccc3oc4c5ccccc5ccc4c23)c([2H])c(-n2c3ccccc3c3ccccc32)c1[2H]. The lowest BCUT2D eigenvalue weighted by Gasteiger charge is -2.27. The molecule has 0 atom stereocenters. The number of fused-ring (bicyclic) bond motifs is 9. The molecule has 0 saturated carbocycles. The highest BCUT2D eigenvalue weighted by Gasteiger charge is 2.22. The molecule has 2 aromatic heterocycles. The lowest BCUT2D eigenvalue weighted by Crippen LogP contribution is -2.11. The minimum absolute atomic E-state index is 0.0333. The number of para-hydroxylation sites is 2. The molecular weight excluding hydrogens is 717 g/mol. The van der Waals surface area contributed by atoms with Crippen molar-refractivity contribution in [2.24, 2.45) is 0 Å². The van der Waals surface area contributed by atoms with Gasteiger partial charge in [-0.25, -0.2) is 0 Å². The smallest absolute Gasteiger partial charge is 0.143 e. The maximum Gasteiger partial charge on any atom is 0.143 e. The van der Waals surface area contributed by atoms with Crippen LogP contribution in [-0.2, 0) is 0 Å². The fourth-order valence-corrected chi connectivity index (χ4v) is 8.57. The zero-order valence-electron chi connectivity index (χ0n) is 39.5. The van der Waals surface area contributed by atoms with Gasteiger partial charge in [0, 0.05) is 38.6 Å². The van der Waals surface area contributed by atoms with Crippen LogP contribution in [0.15, 0.2) is 223 Å². The molecule has 0 spiro atoms. The van der Waals surface area contributed by atoms with Gasteiger partial charge >= 0.3 is 0 Å². The van der Waals surface area contributed by atoms with E-state index in [4.69, 9.17) is 4.42 Å². The largest absolute Gasteiger partial charge is 0.455 e. The molecule has 0 N–H and O–H groups in total. The molecule has 59 heavy (non-hydrogen) atoms. The fraction of sp³-hybridized carbons (Fsp3) is 0. The van der Waals surface area contributed by atoms with E-state index in [1.165, 1.54) is 4.90 Å². The van der Waals surface area contributed by atoms with Crippen molar-refractivity contribution in [3.63, 3.8) is 0 Å². The van der Waals surface area contributed by atoms with Crippen LogP contribution >= 0.6 is 0 Å². The minimum atomic E-state index is -0.487. The van der Waals surface area contributed by atoms with Crippen molar-refractivity contribution < 1.29 is 15.4 Å². The first-order chi connectivity index (χ1) is 32.6. The first kappa shape index (κ1) is 26.1. The van der Waals surface area contributed by atoms with E-state index in [0.29, 0.717) is 44.2 Å². The van der Waals surface area contributed by atoms with E-state index in [1.807, 2.05) is 146 Å². The van der Waals surface area contributed by atoms with Gasteiger partial charge in [-0.2, -0.15) is 0 Å². The van der Waals surface area contributed by atoms with Crippen LogP contribution in [0, 0.1) is 0 Å². The predicted octanol–water partition coefficient (Wildman–Crippen LogP) is 15.8. The Bertz CT molecular complexity index is 3980. The molecule has 2 heterocycles. The quantitative estimate of drug-likeness (QED) is 0.168. The summed E-state index contributed by atoms with van der Waals surface area (Å²) in [5.41, 5.74) is 4.70. The van der Waals surface area contributed by atoms with E-state index in [-0.39, 0.29) is 46.8 Å². The number of rotatable bonds is 6. The molecule has 0 amide bonds. The van der Waals surface area contributed by atoms with E-state index in [2.05, 4.69) is 6.07 Å². The highest BCUT2D eigenvalue weighted by molar-refractivity contribution is 6.19. The molecule has 0 radical (unpaired) electrons. The van der Waals surface area contributed by atoms with E-state index >= 15 is 0 Å². The van der Waals surface area contributed by atoms with Gasteiger partial charge in [0.1, 0.15) is 11.2 Å². The average molecular weight is 761 g/mol. The second-order valence-corrected chi connectivity index (χ2v) is 14.7. The van der Waals surface area contributed by atoms with Crippen molar-refractivity contribution in [1.82, 2.24) is 4.57 Å². The average Bonchev–Trinajstić information content (AvgIpc) is 3.91. The number of benzene rings is 10. The second-order valence-electron chi connectivity index (χ2n) is 14.7. The van der Waals surface area contributed by atoms with Crippen molar-refractivity contribution >= 4 is 82.4 Å². The Kier molecular flexibility index (Phi) is 5.92. The van der Waals surface area contributed by atoms with Gasteiger partial charge in [-0.1, -0.05) is 146 Å². The summed E-state index contributed by atoms with van der Waals surface area (Å²) in [6.45, 7) is 0. The zero-order valence-corrected chi connectivity index (χ0v) is 31.5. The number of hydrogen-bond donors (Lipinski definition) is 0. The van der Waals surface area contributed by atoms with Gasteiger partial charge in [0.15, 0.2) is 0 Å². The zero-order chi connectivity index (χ0) is 45.8. The Labute approximate surface area is 352 Å². The molecule has 0 unspecified atom stereocenters. The van der Waals surface area contributed by atoms with Crippen molar-refractivity contribution in [3.8, 4) is 27.9 Å². The van der Waals surface area contributed by atoms with E-state index in [9.17, 15) is 11.0 Å². The highest BCUT2D eigenvalue weighted by Crippen LogP contribution is 2.45. The summed E-state index contributed by atoms with van der Waals surface area (Å²) in [5.74, 6) is 0. The molecule has 276 valence electrons. The third-order valence-electron chi connectivity index (χ3n) is 11.3. The topological polar surface area (TPSA) is 21.3 Å². The van der Waals surface area contributed by atoms with Crippen LogP contribution < -0.4 is 4.90 Å². The van der Waals surface area contributed by atoms with Crippen LogP contribution in [0.5, 0.6) is 0 Å². The third kappa shape index (κ3) is 5.44. The maximum absolute atomic E-state index is 10.2. The number of aromatic nitrogens is 1. The van der Waals surface area contributed by atoms with Crippen molar-refractivity contribution in [1.29, 1.82) is 0 Å². The first-order valence-electron chi connectivity index (χ1n) is 23.5. The third-order valence-corrected chi connectivity index (χ3v) is 11.3. The van der Waals surface area contributed by atoms with Gasteiger partial charge < -0.3 is 13.9 Å². The van der Waals surface area contributed by atoms with Gasteiger partial charge in [-0.3, -0.25) is 0 Å². The molecule has 3 heteroatoms. The minimum Gasteiger partial charge on any atom is -0.455 e. The molecule has 0 aliphatic heterocycles. The summed E-state index contributed by atoms with van der Waals surface area (Å²) in [6.07, 6.45) is 0. The van der Waals surface area contributed by atoms with E-state index in [0.717, 1.165) is 43.4 Å². The summed E-state index contributed by atoms with van der Waals surface area (Å²) < 4.78 is 86.2. The first-order valence-corrected chi connectivity index (χ1v) is 19.5. The van der Waals surface area contributed by atoms with Gasteiger partial charge in [-0.15, -0.1) is 0 Å². The van der Waals surface area contributed by atoms with Crippen LogP contribution in [0.25, 0.3) is 93.2 Å². The lowest BCUT2D eigenvalue weighted by atomic mass is 9.97. The Hall–Kier alpha value is -7.88. The van der Waals surface area contributed by atoms with Crippen molar-refractivity contribution in [3.05, 3.63) is 218 Å². The summed E-state index contributed by atoms with van der Waals surface area (Å²) in [7, 11) is 0. The molecule has 0 saturated heterocycles. The Morgan fingerprint density at radius 2 is 1.08 bits per heavy atom. The van der Waals surface area contributed by atoms with Crippen LogP contribution in [0.3, 0.4) is 0 Å². The standard InChI is InChI=1S/C56H36N2O/c1-2-14-40-35-43(27-26-37(40)12-1)42-16-9-15-41(34-42)38-28-31-44(32-29-38)57(53-24-11-25-54-55(53)50-33-30-39-13-3-4-19-47(39)56(50)59-54)45-17-10-18-46(36-45)58-51-22-7-5-20-48(51)49-21-6-8-23-52(49)58/h1-36H/i10D,17D,18D,28D,29D,31D,32D,36D. The summed E-state index contributed by atoms with van der Waals surface area (Å²) in [5, 5.41) is 6.95. The maximum atomic E-state index is 10.2. The van der Waals surface area contributed by atoms with E-state index < -0.39 is 24.2 Å². The molecule has 10 aromatic carbocycles. The molecule has 0 aliphatic carbocycles. The number of hydrogen-bond acceptors (Lipinski definition) is 2. The predicted molar refractivity (Wildman–Crippen MR) is 249 cm³/mol. The number of anilines is 3. The van der Waals surface area contributed by atoms with Crippen molar-refractivity contribution in [2.45, 2.75) is 0 Å². The van der Waals surface area contributed by atoms with Crippen LogP contribution in [-0.4, -0.2) is 4.57 Å². The Morgan fingerprint density at radius 1 is 0.441 bits per heavy atom. The summed E-state index contributed by atoms with van der Waals surface area (Å²) in [6, 6.07) is 50.9. The molecule has 12 aromatic rings. The van der Waals surface area contributed by atoms with Gasteiger partial charge in [0.05, 0.1) is 33.1 Å². The monoisotopic (exact) mass is 760 g/mol. The van der Waals surface area contributed by atoms with Crippen LogP contribution in [0.1, 0.15) is 11.0 Å². The summed E-state index contributed by atoms with van der Waals surface area (Å²) in [4.78, 5) is 1.42. The molecule has 3 nitrogen and oxygen atoms in total. The highest BCUT2D eigenvalue weighted by atomic mass is 16.3. The second kappa shape index (κ2) is 13.4. The van der Waals surface area contributed by atoms with Gasteiger partial charge in [0.2, 0.25) is 0 Å². The fourth-order valence-electron chi connectivity index (χ4n) is 8.57. The molecular formula is C56H36N2O. The normalized spacial score (nSPS) is 13.6. The molecule has 0 bridgehead atoms. The Balaban J connectivity index is 1.16. The molecule has 0 fully saturated rings. The molecule has 0 aliphatic rings. The van der Waals surface area contributed by atoms with Crippen LogP contribution in [0.4, 0.5) is 17.1 Å². The number of nitrogens with zero attached hydrogens (tertiary/aromatic N) is 2. The van der Waals surface area contributed by atoms with Crippen molar-refractivity contribution in [2.75, 3.05) is 4.90 Å². The molecule has 12 rings (SSSR count). The summed E-state index contributed by atoms with van der Waals surface area (Å²) >= 11 is 0. The lowest BCUT2D eigenvalue weighted by molar-refractivity contribution is 0.672. The van der Waals surface area contributed by atoms with Gasteiger partial charge in [0.25, 0.3) is 0 Å². The number of furan rings is 1. The van der Waals surface area contributed by atoms with E-state index in [1.54, 1.807) is 22.8 Å². The van der Waals surface area contributed by atoms with Crippen LogP contribution in [0.2, 0.25) is 0 Å². The van der Waals surface area contributed by atoms with Gasteiger partial charge in [-0.05, 0) is 111 Å². The Morgan fingerprint density at radius 3 is 1.88 bits per heavy atom.